The number of rotatable bonds is 26. The molecule has 0 unspecified atom stereocenters. The molecule has 0 N–H and O–H groups in total. The van der Waals surface area contributed by atoms with Gasteiger partial charge in [-0.15, -0.1) is 12.4 Å². The van der Waals surface area contributed by atoms with Crippen molar-refractivity contribution in [1.82, 2.24) is 4.90 Å². The highest BCUT2D eigenvalue weighted by Crippen LogP contribution is 2.15. The minimum absolute atomic E-state index is 0. The van der Waals surface area contributed by atoms with E-state index in [4.69, 9.17) is 0 Å². The fraction of sp³-hybridized carbons (Fsp3) is 1.00. The highest BCUT2D eigenvalue weighted by molar-refractivity contribution is 5.85. The zero-order valence-electron chi connectivity index (χ0n) is 24.0. The molecule has 1 nitrogen and oxygen atoms in total. The van der Waals surface area contributed by atoms with Crippen molar-refractivity contribution >= 4 is 12.4 Å². The summed E-state index contributed by atoms with van der Waals surface area (Å²) in [6.45, 7) is 12.0. The van der Waals surface area contributed by atoms with Crippen molar-refractivity contribution in [2.45, 2.75) is 169 Å². The maximum atomic E-state index is 2.58. The van der Waals surface area contributed by atoms with Gasteiger partial charge in [0, 0.05) is 0 Å². The molecule has 0 aromatic heterocycles. The molecule has 0 radical (unpaired) electrons. The Morgan fingerprint density at radius 2 is 0.576 bits per heavy atom. The summed E-state index contributed by atoms with van der Waals surface area (Å²) in [6.07, 6.45) is 32.0. The van der Waals surface area contributed by atoms with E-state index in [1.165, 1.54) is 154 Å². The minimum Gasteiger partial charge on any atom is -0.306 e. The third kappa shape index (κ3) is 32.2. The van der Waals surface area contributed by atoms with Crippen LogP contribution in [-0.4, -0.2) is 25.0 Å². The number of halogens is 1. The predicted octanol–water partition coefficient (Wildman–Crippen LogP) is 11.2. The standard InChI is InChI=1S/C31H65N.ClH/c1-30(2)26-22-18-14-10-6-8-12-16-20-24-28-32(5)29-25-21-17-13-9-7-11-15-19-23-27-31(3)4;/h30-31H,6-29H2,1-5H3;1H. The number of nitrogens with zero attached hydrogens (tertiary/aromatic N) is 1. The van der Waals surface area contributed by atoms with Crippen LogP contribution in [0.4, 0.5) is 0 Å². The summed E-state index contributed by atoms with van der Waals surface area (Å²) >= 11 is 0. The Hall–Kier alpha value is 0.250. The summed E-state index contributed by atoms with van der Waals surface area (Å²) in [4.78, 5) is 2.58. The Morgan fingerprint density at radius 3 is 0.818 bits per heavy atom. The van der Waals surface area contributed by atoms with Gasteiger partial charge >= 0.3 is 0 Å². The molecular formula is C31H66ClN. The monoisotopic (exact) mass is 487 g/mol. The van der Waals surface area contributed by atoms with E-state index in [0.29, 0.717) is 0 Å². The Bertz CT molecular complexity index is 310. The molecule has 0 fully saturated rings. The first-order valence-corrected chi connectivity index (χ1v) is 15.2. The van der Waals surface area contributed by atoms with E-state index >= 15 is 0 Å². The Labute approximate surface area is 218 Å². The second kappa shape index (κ2) is 28.5. The molecule has 0 atom stereocenters. The first-order chi connectivity index (χ1) is 15.5. The molecule has 0 aliphatic heterocycles. The largest absolute Gasteiger partial charge is 0.306 e. The third-order valence-electron chi connectivity index (χ3n) is 7.14. The van der Waals surface area contributed by atoms with Gasteiger partial charge in [-0.2, -0.15) is 0 Å². The lowest BCUT2D eigenvalue weighted by atomic mass is 10.0. The topological polar surface area (TPSA) is 3.24 Å². The lowest BCUT2D eigenvalue weighted by Crippen LogP contribution is -2.20. The highest BCUT2D eigenvalue weighted by atomic mass is 35.5. The lowest BCUT2D eigenvalue weighted by molar-refractivity contribution is 0.314. The van der Waals surface area contributed by atoms with Crippen LogP contribution in [0, 0.1) is 11.8 Å². The van der Waals surface area contributed by atoms with E-state index in [0.717, 1.165) is 11.8 Å². The van der Waals surface area contributed by atoms with E-state index in [-0.39, 0.29) is 12.4 Å². The normalized spacial score (nSPS) is 11.6. The van der Waals surface area contributed by atoms with E-state index < -0.39 is 0 Å². The fourth-order valence-corrected chi connectivity index (χ4v) is 4.81. The van der Waals surface area contributed by atoms with Crippen LogP contribution in [-0.2, 0) is 0 Å². The van der Waals surface area contributed by atoms with Crippen LogP contribution >= 0.6 is 12.4 Å². The van der Waals surface area contributed by atoms with Crippen molar-refractivity contribution in [3.8, 4) is 0 Å². The molecule has 0 bridgehead atoms. The van der Waals surface area contributed by atoms with Gasteiger partial charge in [-0.25, -0.2) is 0 Å². The predicted molar refractivity (Wildman–Crippen MR) is 156 cm³/mol. The third-order valence-corrected chi connectivity index (χ3v) is 7.14. The van der Waals surface area contributed by atoms with Gasteiger partial charge in [0.05, 0.1) is 0 Å². The summed E-state index contributed by atoms with van der Waals surface area (Å²) in [5.74, 6) is 1.78. The quantitative estimate of drug-likeness (QED) is 0.110. The van der Waals surface area contributed by atoms with Gasteiger partial charge in [0.2, 0.25) is 0 Å². The molecule has 0 amide bonds. The smallest absolute Gasteiger partial charge is 0.00218 e. The summed E-state index contributed by atoms with van der Waals surface area (Å²) < 4.78 is 0. The van der Waals surface area contributed by atoms with Crippen LogP contribution in [0.1, 0.15) is 169 Å². The van der Waals surface area contributed by atoms with Gasteiger partial charge in [0.25, 0.3) is 0 Å². The fourth-order valence-electron chi connectivity index (χ4n) is 4.81. The Kier molecular flexibility index (Phi) is 30.6. The molecule has 0 aliphatic carbocycles. The average molecular weight is 488 g/mol. The number of unbranched alkanes of at least 4 members (excludes halogenated alkanes) is 18. The van der Waals surface area contributed by atoms with E-state index in [1.807, 2.05) is 0 Å². The number of hydrogen-bond donors (Lipinski definition) is 0. The van der Waals surface area contributed by atoms with Gasteiger partial charge in [-0.05, 0) is 44.8 Å². The SMILES string of the molecule is CC(C)CCCCCCCCCCCCN(C)CCCCCCCCCCCCC(C)C.Cl. The highest BCUT2D eigenvalue weighted by Gasteiger charge is 2.00. The van der Waals surface area contributed by atoms with Crippen molar-refractivity contribution < 1.29 is 0 Å². The molecule has 0 aromatic rings. The van der Waals surface area contributed by atoms with Crippen LogP contribution < -0.4 is 0 Å². The van der Waals surface area contributed by atoms with Crippen molar-refractivity contribution in [3.05, 3.63) is 0 Å². The molecule has 0 saturated carbocycles. The Morgan fingerprint density at radius 1 is 0.364 bits per heavy atom. The zero-order valence-corrected chi connectivity index (χ0v) is 24.8. The summed E-state index contributed by atoms with van der Waals surface area (Å²) in [7, 11) is 2.33. The van der Waals surface area contributed by atoms with Crippen LogP contribution in [0.15, 0.2) is 0 Å². The van der Waals surface area contributed by atoms with Crippen LogP contribution in [0.5, 0.6) is 0 Å². The van der Waals surface area contributed by atoms with Crippen molar-refractivity contribution in [2.75, 3.05) is 20.1 Å². The van der Waals surface area contributed by atoms with Crippen molar-refractivity contribution in [1.29, 1.82) is 0 Å². The first kappa shape index (κ1) is 35.4. The summed E-state index contributed by atoms with van der Waals surface area (Å²) in [5, 5.41) is 0. The summed E-state index contributed by atoms with van der Waals surface area (Å²) in [6, 6.07) is 0. The Balaban J connectivity index is 0. The number of hydrogen-bond acceptors (Lipinski definition) is 1. The van der Waals surface area contributed by atoms with Crippen LogP contribution in [0.3, 0.4) is 0 Å². The second-order valence-electron chi connectivity index (χ2n) is 11.7. The van der Waals surface area contributed by atoms with Crippen molar-refractivity contribution in [2.24, 2.45) is 11.8 Å². The molecule has 0 saturated heterocycles. The van der Waals surface area contributed by atoms with Gasteiger partial charge in [0.1, 0.15) is 0 Å². The first-order valence-electron chi connectivity index (χ1n) is 15.2. The molecule has 0 heterocycles. The molecule has 0 aliphatic rings. The van der Waals surface area contributed by atoms with Crippen molar-refractivity contribution in [3.63, 3.8) is 0 Å². The van der Waals surface area contributed by atoms with Gasteiger partial charge in [-0.3, -0.25) is 0 Å². The minimum atomic E-state index is 0. The second-order valence-corrected chi connectivity index (χ2v) is 11.7. The average Bonchev–Trinajstić information content (AvgIpc) is 2.74. The van der Waals surface area contributed by atoms with E-state index in [2.05, 4.69) is 39.6 Å². The van der Waals surface area contributed by atoms with Crippen LogP contribution in [0.25, 0.3) is 0 Å². The maximum absolute atomic E-state index is 2.58. The molecule has 0 rings (SSSR count). The van der Waals surface area contributed by atoms with Crippen LogP contribution in [0.2, 0.25) is 0 Å². The summed E-state index contributed by atoms with van der Waals surface area (Å²) in [5.41, 5.74) is 0. The van der Waals surface area contributed by atoms with Gasteiger partial charge in [-0.1, -0.05) is 156 Å². The van der Waals surface area contributed by atoms with Gasteiger partial charge in [0.15, 0.2) is 0 Å². The molecule has 0 aromatic carbocycles. The molecule has 0 spiro atoms. The zero-order chi connectivity index (χ0) is 23.7. The van der Waals surface area contributed by atoms with Gasteiger partial charge < -0.3 is 4.90 Å². The molecule has 202 valence electrons. The molecular weight excluding hydrogens is 422 g/mol. The lowest BCUT2D eigenvalue weighted by Gasteiger charge is -2.16. The molecule has 33 heavy (non-hydrogen) atoms. The maximum Gasteiger partial charge on any atom is -0.00218 e. The molecule has 2 heteroatoms. The van der Waals surface area contributed by atoms with E-state index in [9.17, 15) is 0 Å². The van der Waals surface area contributed by atoms with E-state index in [1.54, 1.807) is 0 Å².